The lowest BCUT2D eigenvalue weighted by atomic mass is 10.0. The standard InChI is InChI=1S/C19H25N3O3/c1-20-14-18(24)22(19(20)25)12-6-10-17(23)21-11-5-9-16(21)13-15-7-3-2-4-8-15/h2-4,7-8,16H,5-6,9-14H2,1H3. The number of rotatable bonds is 6. The van der Waals surface area contributed by atoms with Gasteiger partial charge < -0.3 is 9.80 Å². The Labute approximate surface area is 148 Å². The fourth-order valence-electron chi connectivity index (χ4n) is 3.68. The van der Waals surface area contributed by atoms with Crippen molar-refractivity contribution in [3.8, 4) is 0 Å². The van der Waals surface area contributed by atoms with Crippen molar-refractivity contribution in [2.24, 2.45) is 0 Å². The lowest BCUT2D eigenvalue weighted by molar-refractivity contribution is -0.132. The van der Waals surface area contributed by atoms with Gasteiger partial charge in [-0.15, -0.1) is 0 Å². The van der Waals surface area contributed by atoms with Crippen LogP contribution in [0, 0.1) is 0 Å². The van der Waals surface area contributed by atoms with Crippen molar-refractivity contribution < 1.29 is 14.4 Å². The van der Waals surface area contributed by atoms with Crippen LogP contribution in [-0.4, -0.2) is 65.3 Å². The minimum Gasteiger partial charge on any atom is -0.339 e. The monoisotopic (exact) mass is 343 g/mol. The quantitative estimate of drug-likeness (QED) is 0.741. The van der Waals surface area contributed by atoms with E-state index in [1.165, 1.54) is 15.4 Å². The highest BCUT2D eigenvalue weighted by Crippen LogP contribution is 2.22. The first kappa shape index (κ1) is 17.5. The van der Waals surface area contributed by atoms with Crippen molar-refractivity contribution in [1.82, 2.24) is 14.7 Å². The Bertz CT molecular complexity index is 647. The molecule has 6 nitrogen and oxygen atoms in total. The number of imide groups is 1. The Morgan fingerprint density at radius 1 is 1.20 bits per heavy atom. The number of likely N-dealkylation sites (tertiary alicyclic amines) is 1. The summed E-state index contributed by atoms with van der Waals surface area (Å²) in [6.07, 6.45) is 3.87. The summed E-state index contributed by atoms with van der Waals surface area (Å²) in [5.41, 5.74) is 1.25. The molecule has 2 aliphatic heterocycles. The molecule has 3 rings (SSSR count). The maximum Gasteiger partial charge on any atom is 0.326 e. The Balaban J connectivity index is 1.49. The lowest BCUT2D eigenvalue weighted by Crippen LogP contribution is -2.38. The average molecular weight is 343 g/mol. The number of carbonyl (C=O) groups is 3. The van der Waals surface area contributed by atoms with Gasteiger partial charge in [0.1, 0.15) is 6.54 Å². The first-order valence-electron chi connectivity index (χ1n) is 8.95. The van der Waals surface area contributed by atoms with Crippen LogP contribution in [-0.2, 0) is 16.0 Å². The van der Waals surface area contributed by atoms with Crippen molar-refractivity contribution in [3.05, 3.63) is 35.9 Å². The molecule has 1 atom stereocenters. The van der Waals surface area contributed by atoms with Crippen LogP contribution in [0.4, 0.5) is 4.79 Å². The molecule has 1 aromatic carbocycles. The number of likely N-dealkylation sites (N-methyl/N-ethyl adjacent to an activating group) is 1. The summed E-state index contributed by atoms with van der Waals surface area (Å²) < 4.78 is 0. The molecular formula is C19H25N3O3. The van der Waals surface area contributed by atoms with Gasteiger partial charge in [0.05, 0.1) is 0 Å². The molecule has 6 heteroatoms. The molecule has 0 saturated carbocycles. The minimum atomic E-state index is -0.263. The number of hydrogen-bond acceptors (Lipinski definition) is 3. The van der Waals surface area contributed by atoms with Gasteiger partial charge in [-0.05, 0) is 31.2 Å². The van der Waals surface area contributed by atoms with Crippen LogP contribution in [0.3, 0.4) is 0 Å². The van der Waals surface area contributed by atoms with E-state index in [9.17, 15) is 14.4 Å². The molecule has 2 heterocycles. The molecule has 134 valence electrons. The Hall–Kier alpha value is -2.37. The second-order valence-corrected chi connectivity index (χ2v) is 6.86. The smallest absolute Gasteiger partial charge is 0.326 e. The van der Waals surface area contributed by atoms with E-state index in [1.807, 2.05) is 23.1 Å². The van der Waals surface area contributed by atoms with Gasteiger partial charge in [0, 0.05) is 32.6 Å². The van der Waals surface area contributed by atoms with Crippen LogP contribution in [0.25, 0.3) is 0 Å². The maximum absolute atomic E-state index is 12.6. The van der Waals surface area contributed by atoms with Gasteiger partial charge in [0.2, 0.25) is 11.8 Å². The molecule has 0 bridgehead atoms. The van der Waals surface area contributed by atoms with E-state index >= 15 is 0 Å². The van der Waals surface area contributed by atoms with E-state index in [1.54, 1.807) is 7.05 Å². The molecular weight excluding hydrogens is 318 g/mol. The van der Waals surface area contributed by atoms with Crippen molar-refractivity contribution in [1.29, 1.82) is 0 Å². The van der Waals surface area contributed by atoms with Crippen LogP contribution >= 0.6 is 0 Å². The summed E-state index contributed by atoms with van der Waals surface area (Å²) in [7, 11) is 1.61. The van der Waals surface area contributed by atoms with Crippen LogP contribution in [0.2, 0.25) is 0 Å². The number of benzene rings is 1. The summed E-state index contributed by atoms with van der Waals surface area (Å²) in [6, 6.07) is 10.2. The van der Waals surface area contributed by atoms with Crippen LogP contribution in [0.5, 0.6) is 0 Å². The molecule has 1 unspecified atom stereocenters. The van der Waals surface area contributed by atoms with Gasteiger partial charge >= 0.3 is 6.03 Å². The molecule has 0 spiro atoms. The molecule has 2 saturated heterocycles. The second kappa shape index (κ2) is 7.68. The molecule has 2 fully saturated rings. The van der Waals surface area contributed by atoms with Crippen LogP contribution in [0.1, 0.15) is 31.2 Å². The molecule has 4 amide bonds. The second-order valence-electron chi connectivity index (χ2n) is 6.86. The van der Waals surface area contributed by atoms with E-state index in [-0.39, 0.29) is 30.4 Å². The van der Waals surface area contributed by atoms with E-state index in [4.69, 9.17) is 0 Å². The predicted molar refractivity (Wildman–Crippen MR) is 93.9 cm³/mol. The Morgan fingerprint density at radius 3 is 2.64 bits per heavy atom. The minimum absolute atomic E-state index is 0.130. The largest absolute Gasteiger partial charge is 0.339 e. The number of carbonyl (C=O) groups excluding carboxylic acids is 3. The highest BCUT2D eigenvalue weighted by molar-refractivity contribution is 6.01. The molecule has 1 aromatic rings. The zero-order chi connectivity index (χ0) is 17.8. The normalized spacial score (nSPS) is 20.7. The maximum atomic E-state index is 12.6. The third-order valence-electron chi connectivity index (χ3n) is 5.01. The van der Waals surface area contributed by atoms with Gasteiger partial charge in [-0.1, -0.05) is 30.3 Å². The first-order valence-corrected chi connectivity index (χ1v) is 8.95. The number of hydrogen-bond donors (Lipinski definition) is 0. The summed E-state index contributed by atoms with van der Waals surface area (Å²) >= 11 is 0. The predicted octanol–water partition coefficient (Wildman–Crippen LogP) is 1.89. The van der Waals surface area contributed by atoms with Gasteiger partial charge in [-0.3, -0.25) is 14.5 Å². The van der Waals surface area contributed by atoms with Gasteiger partial charge in [-0.25, -0.2) is 4.79 Å². The van der Waals surface area contributed by atoms with Crippen LogP contribution in [0.15, 0.2) is 30.3 Å². The molecule has 0 aliphatic carbocycles. The number of amides is 4. The van der Waals surface area contributed by atoms with Gasteiger partial charge in [0.15, 0.2) is 0 Å². The summed E-state index contributed by atoms with van der Waals surface area (Å²) in [6.45, 7) is 1.27. The zero-order valence-electron chi connectivity index (χ0n) is 14.7. The van der Waals surface area contributed by atoms with Crippen molar-refractivity contribution >= 4 is 17.8 Å². The first-order chi connectivity index (χ1) is 12.1. The summed E-state index contributed by atoms with van der Waals surface area (Å²) in [4.78, 5) is 40.8. The SMILES string of the molecule is CN1CC(=O)N(CCCC(=O)N2CCCC2Cc2ccccc2)C1=O. The lowest BCUT2D eigenvalue weighted by Gasteiger charge is -2.25. The third-order valence-corrected chi connectivity index (χ3v) is 5.01. The Kier molecular flexibility index (Phi) is 5.36. The highest BCUT2D eigenvalue weighted by atomic mass is 16.2. The fraction of sp³-hybridized carbons (Fsp3) is 0.526. The van der Waals surface area contributed by atoms with Gasteiger partial charge in [0.25, 0.3) is 0 Å². The Morgan fingerprint density at radius 2 is 1.96 bits per heavy atom. The number of urea groups is 1. The molecule has 25 heavy (non-hydrogen) atoms. The van der Waals surface area contributed by atoms with E-state index in [0.717, 1.165) is 25.8 Å². The molecule has 0 radical (unpaired) electrons. The molecule has 0 aromatic heterocycles. The zero-order valence-corrected chi connectivity index (χ0v) is 14.7. The van der Waals surface area contributed by atoms with Gasteiger partial charge in [-0.2, -0.15) is 0 Å². The number of nitrogens with zero attached hydrogens (tertiary/aromatic N) is 3. The topological polar surface area (TPSA) is 60.9 Å². The molecule has 2 aliphatic rings. The third kappa shape index (κ3) is 4.00. The summed E-state index contributed by atoms with van der Waals surface area (Å²) in [5.74, 6) is -0.0473. The van der Waals surface area contributed by atoms with Crippen LogP contribution < -0.4 is 0 Å². The van der Waals surface area contributed by atoms with E-state index < -0.39 is 0 Å². The average Bonchev–Trinajstić information content (AvgIpc) is 3.15. The van der Waals surface area contributed by atoms with Crippen molar-refractivity contribution in [3.63, 3.8) is 0 Å². The highest BCUT2D eigenvalue weighted by Gasteiger charge is 2.33. The summed E-state index contributed by atoms with van der Waals surface area (Å²) in [5, 5.41) is 0. The molecule has 0 N–H and O–H groups in total. The van der Waals surface area contributed by atoms with E-state index in [0.29, 0.717) is 19.4 Å². The van der Waals surface area contributed by atoms with Crippen molar-refractivity contribution in [2.75, 3.05) is 26.7 Å². The van der Waals surface area contributed by atoms with E-state index in [2.05, 4.69) is 12.1 Å². The van der Waals surface area contributed by atoms with Crippen molar-refractivity contribution in [2.45, 2.75) is 38.1 Å². The fourth-order valence-corrected chi connectivity index (χ4v) is 3.68.